The molecule has 0 saturated carbocycles. The van der Waals surface area contributed by atoms with Crippen molar-refractivity contribution in [1.29, 1.82) is 0 Å². The lowest BCUT2D eigenvalue weighted by atomic mass is 10.2. The molecule has 0 aliphatic rings. The normalized spacial score (nSPS) is 9.38. The summed E-state index contributed by atoms with van der Waals surface area (Å²) in [5.41, 5.74) is 2.71. The van der Waals surface area contributed by atoms with E-state index in [1.807, 2.05) is 0 Å². The van der Waals surface area contributed by atoms with Crippen molar-refractivity contribution in [2.24, 2.45) is 5.84 Å². The van der Waals surface area contributed by atoms with Crippen molar-refractivity contribution in [2.45, 2.75) is 0 Å². The van der Waals surface area contributed by atoms with Gasteiger partial charge in [0.05, 0.1) is 6.54 Å². The highest BCUT2D eigenvalue weighted by atomic mass is 16.2. The van der Waals surface area contributed by atoms with Crippen LogP contribution < -0.4 is 21.9 Å². The van der Waals surface area contributed by atoms with Crippen LogP contribution in [0.1, 0.15) is 10.4 Å². The topological polar surface area (TPSA) is 109 Å². The maximum atomic E-state index is 11.5. The standard InChI is InChI=1S/C9H13N5O2/c1-11-8(15)5-13-9(16)6-2-3-12-7(4-6)14-10/h2-4H,5,10H2,1H3,(H,11,15)(H,12,14)(H,13,16). The largest absolute Gasteiger partial charge is 0.358 e. The number of amides is 2. The van der Waals surface area contributed by atoms with E-state index in [-0.39, 0.29) is 18.4 Å². The van der Waals surface area contributed by atoms with Gasteiger partial charge in [0.1, 0.15) is 5.82 Å². The molecule has 0 aromatic carbocycles. The summed E-state index contributed by atoms with van der Waals surface area (Å²) in [6.45, 7) is -0.0664. The molecule has 86 valence electrons. The number of hydrogen-bond acceptors (Lipinski definition) is 5. The lowest BCUT2D eigenvalue weighted by molar-refractivity contribution is -0.119. The van der Waals surface area contributed by atoms with Gasteiger partial charge in [0.15, 0.2) is 0 Å². The predicted octanol–water partition coefficient (Wildman–Crippen LogP) is -1.16. The number of carbonyl (C=O) groups excluding carboxylic acids is 2. The zero-order valence-corrected chi connectivity index (χ0v) is 8.78. The average Bonchev–Trinajstić information content (AvgIpc) is 2.35. The van der Waals surface area contributed by atoms with Gasteiger partial charge >= 0.3 is 0 Å². The van der Waals surface area contributed by atoms with Crippen LogP contribution in [0, 0.1) is 0 Å². The summed E-state index contributed by atoms with van der Waals surface area (Å²) < 4.78 is 0. The van der Waals surface area contributed by atoms with Crippen molar-refractivity contribution in [3.63, 3.8) is 0 Å². The third kappa shape index (κ3) is 3.21. The van der Waals surface area contributed by atoms with Crippen LogP contribution in [0.3, 0.4) is 0 Å². The number of anilines is 1. The third-order valence-corrected chi connectivity index (χ3v) is 1.86. The van der Waals surface area contributed by atoms with Crippen LogP contribution in [0.5, 0.6) is 0 Å². The molecule has 0 bridgehead atoms. The van der Waals surface area contributed by atoms with E-state index in [0.717, 1.165) is 0 Å². The van der Waals surface area contributed by atoms with Gasteiger partial charge in [0.2, 0.25) is 5.91 Å². The summed E-state index contributed by atoms with van der Waals surface area (Å²) in [5, 5.41) is 4.85. The second-order valence-corrected chi connectivity index (χ2v) is 2.93. The number of pyridine rings is 1. The van der Waals surface area contributed by atoms with Gasteiger partial charge in [-0.05, 0) is 12.1 Å². The minimum atomic E-state index is -0.359. The molecule has 1 aromatic rings. The number of likely N-dealkylation sites (N-methyl/N-ethyl adjacent to an activating group) is 1. The maximum Gasteiger partial charge on any atom is 0.251 e. The molecular formula is C9H13N5O2. The Morgan fingerprint density at radius 3 is 2.88 bits per heavy atom. The van der Waals surface area contributed by atoms with Gasteiger partial charge in [-0.2, -0.15) is 0 Å². The van der Waals surface area contributed by atoms with Crippen LogP contribution in [0.4, 0.5) is 5.82 Å². The number of hydrogen-bond donors (Lipinski definition) is 4. The lowest BCUT2D eigenvalue weighted by Gasteiger charge is -2.05. The number of nitrogens with one attached hydrogen (secondary N) is 3. The molecule has 16 heavy (non-hydrogen) atoms. The Labute approximate surface area is 92.4 Å². The maximum absolute atomic E-state index is 11.5. The summed E-state index contributed by atoms with van der Waals surface area (Å²) in [5.74, 6) is 4.91. The molecule has 1 rings (SSSR count). The Balaban J connectivity index is 2.62. The second kappa shape index (κ2) is 5.66. The number of carbonyl (C=O) groups is 2. The van der Waals surface area contributed by atoms with E-state index in [0.29, 0.717) is 11.4 Å². The molecule has 7 nitrogen and oxygen atoms in total. The van der Waals surface area contributed by atoms with Gasteiger partial charge in [-0.15, -0.1) is 0 Å². The third-order valence-electron chi connectivity index (χ3n) is 1.86. The van der Waals surface area contributed by atoms with Gasteiger partial charge in [0, 0.05) is 18.8 Å². The second-order valence-electron chi connectivity index (χ2n) is 2.93. The first-order valence-electron chi connectivity index (χ1n) is 4.59. The molecule has 0 saturated heterocycles. The van der Waals surface area contributed by atoms with Gasteiger partial charge < -0.3 is 16.1 Å². The Kier molecular flexibility index (Phi) is 4.22. The van der Waals surface area contributed by atoms with Crippen LogP contribution in [-0.2, 0) is 4.79 Å². The predicted molar refractivity (Wildman–Crippen MR) is 58.4 cm³/mol. The molecule has 1 heterocycles. The van der Waals surface area contributed by atoms with E-state index in [1.165, 1.54) is 25.4 Å². The van der Waals surface area contributed by atoms with Crippen molar-refractivity contribution in [2.75, 3.05) is 19.0 Å². The molecular weight excluding hydrogens is 210 g/mol. The minimum Gasteiger partial charge on any atom is -0.358 e. The molecule has 0 aliphatic heterocycles. The summed E-state index contributed by atoms with van der Waals surface area (Å²) in [7, 11) is 1.50. The van der Waals surface area contributed by atoms with E-state index < -0.39 is 0 Å². The number of rotatable bonds is 4. The molecule has 5 N–H and O–H groups in total. The molecule has 1 aromatic heterocycles. The van der Waals surface area contributed by atoms with E-state index in [2.05, 4.69) is 21.0 Å². The van der Waals surface area contributed by atoms with Crippen LogP contribution >= 0.6 is 0 Å². The molecule has 0 spiro atoms. The number of hydrazine groups is 1. The number of nitrogens with two attached hydrogens (primary N) is 1. The molecule has 0 radical (unpaired) electrons. The first-order valence-corrected chi connectivity index (χ1v) is 4.59. The van der Waals surface area contributed by atoms with E-state index in [9.17, 15) is 9.59 Å². The first kappa shape index (κ1) is 11.9. The van der Waals surface area contributed by atoms with E-state index in [4.69, 9.17) is 5.84 Å². The van der Waals surface area contributed by atoms with Crippen LogP contribution in [0.15, 0.2) is 18.3 Å². The van der Waals surface area contributed by atoms with Crippen molar-refractivity contribution in [3.05, 3.63) is 23.9 Å². The molecule has 0 fully saturated rings. The van der Waals surface area contributed by atoms with Gasteiger partial charge in [-0.1, -0.05) is 0 Å². The van der Waals surface area contributed by atoms with Gasteiger partial charge in [-0.3, -0.25) is 9.59 Å². The van der Waals surface area contributed by atoms with Crippen LogP contribution in [0.25, 0.3) is 0 Å². The quantitative estimate of drug-likeness (QED) is 0.380. The summed E-state index contributed by atoms with van der Waals surface area (Å²) in [6, 6.07) is 3.01. The number of aromatic nitrogens is 1. The molecule has 0 atom stereocenters. The lowest BCUT2D eigenvalue weighted by Crippen LogP contribution is -2.35. The Morgan fingerprint density at radius 1 is 1.50 bits per heavy atom. The van der Waals surface area contributed by atoms with E-state index >= 15 is 0 Å². The fourth-order valence-electron chi connectivity index (χ4n) is 1.00. The summed E-state index contributed by atoms with van der Waals surface area (Å²) in [6.07, 6.45) is 1.45. The fraction of sp³-hybridized carbons (Fsp3) is 0.222. The Hall–Kier alpha value is -2.15. The van der Waals surface area contributed by atoms with Crippen molar-refractivity contribution in [1.82, 2.24) is 15.6 Å². The first-order chi connectivity index (χ1) is 7.67. The molecule has 7 heteroatoms. The van der Waals surface area contributed by atoms with Gasteiger partial charge in [-0.25, -0.2) is 10.8 Å². The molecule has 0 aliphatic carbocycles. The number of nitrogen functional groups attached to an aromatic ring is 1. The molecule has 2 amide bonds. The zero-order valence-electron chi connectivity index (χ0n) is 8.78. The SMILES string of the molecule is CNC(=O)CNC(=O)c1ccnc(NN)c1. The minimum absolute atomic E-state index is 0.0664. The average molecular weight is 223 g/mol. The Bertz CT molecular complexity index is 393. The highest BCUT2D eigenvalue weighted by molar-refractivity contribution is 5.96. The highest BCUT2D eigenvalue weighted by Gasteiger charge is 2.07. The molecule has 0 unspecified atom stereocenters. The smallest absolute Gasteiger partial charge is 0.251 e. The Morgan fingerprint density at radius 2 is 2.25 bits per heavy atom. The summed E-state index contributed by atoms with van der Waals surface area (Å²) >= 11 is 0. The monoisotopic (exact) mass is 223 g/mol. The zero-order chi connectivity index (χ0) is 12.0. The van der Waals surface area contributed by atoms with Crippen LogP contribution in [-0.4, -0.2) is 30.4 Å². The fourth-order valence-corrected chi connectivity index (χ4v) is 1.00. The van der Waals surface area contributed by atoms with Crippen molar-refractivity contribution >= 4 is 17.6 Å². The number of nitrogens with zero attached hydrogens (tertiary/aromatic N) is 1. The van der Waals surface area contributed by atoms with Gasteiger partial charge in [0.25, 0.3) is 5.91 Å². The summed E-state index contributed by atoms with van der Waals surface area (Å²) in [4.78, 5) is 26.3. The van der Waals surface area contributed by atoms with Crippen molar-refractivity contribution in [3.8, 4) is 0 Å². The van der Waals surface area contributed by atoms with Crippen LogP contribution in [0.2, 0.25) is 0 Å². The van der Waals surface area contributed by atoms with E-state index in [1.54, 1.807) is 0 Å². The highest BCUT2D eigenvalue weighted by Crippen LogP contribution is 2.04. The van der Waals surface area contributed by atoms with Crippen molar-refractivity contribution < 1.29 is 9.59 Å².